The van der Waals surface area contributed by atoms with Gasteiger partial charge in [0, 0.05) is 19.4 Å². The zero-order valence-electron chi connectivity index (χ0n) is 34.9. The van der Waals surface area contributed by atoms with E-state index in [2.05, 4.69) is 47.1 Å². The lowest BCUT2D eigenvalue weighted by Crippen LogP contribution is -2.53. The molecule has 0 aliphatic heterocycles. The highest BCUT2D eigenvalue weighted by molar-refractivity contribution is 5.75. The molecule has 292 valence electrons. The van der Waals surface area contributed by atoms with E-state index in [1.165, 1.54) is 180 Å². The average Bonchev–Trinajstić information content (AvgIpc) is 3.46. The number of carbonyl (C=O) groups is 1. The second kappa shape index (κ2) is 21.4. The number of hydrogen-bond donors (Lipinski definition) is 1. The topological polar surface area (TPSA) is 29.1 Å². The Morgan fingerprint density at radius 2 is 1.24 bits per heavy atom. The molecule has 50 heavy (non-hydrogen) atoms. The van der Waals surface area contributed by atoms with Crippen molar-refractivity contribution in [2.24, 2.45) is 46.3 Å². The predicted octanol–water partition coefficient (Wildman–Crippen LogP) is 13.3. The van der Waals surface area contributed by atoms with E-state index >= 15 is 0 Å². The van der Waals surface area contributed by atoms with Gasteiger partial charge in [0.05, 0.1) is 27.2 Å². The van der Waals surface area contributed by atoms with E-state index in [-0.39, 0.29) is 0 Å². The fourth-order valence-electron chi connectivity index (χ4n) is 12.9. The highest BCUT2D eigenvalue weighted by Crippen LogP contribution is 2.68. The van der Waals surface area contributed by atoms with E-state index in [9.17, 15) is 4.79 Å². The molecule has 0 radical (unpaired) electrons. The van der Waals surface area contributed by atoms with E-state index in [1.54, 1.807) is 0 Å². The zero-order valence-corrected chi connectivity index (χ0v) is 34.9. The molecular weight excluding hydrogens is 609 g/mol. The Bertz CT molecular complexity index is 945. The maximum absolute atomic E-state index is 12.9. The molecule has 8 atom stereocenters. The van der Waals surface area contributed by atoms with Gasteiger partial charge in [-0.2, -0.15) is 0 Å². The number of fused-ring (bicyclic) bond motifs is 5. The Morgan fingerprint density at radius 3 is 1.88 bits per heavy atom. The molecule has 4 aliphatic carbocycles. The maximum atomic E-state index is 12.9. The first-order chi connectivity index (χ1) is 24.1. The molecule has 1 N–H and O–H groups in total. The van der Waals surface area contributed by atoms with Crippen LogP contribution in [-0.2, 0) is 4.79 Å². The molecule has 0 bridgehead atoms. The van der Waals surface area contributed by atoms with Crippen LogP contribution >= 0.6 is 0 Å². The summed E-state index contributed by atoms with van der Waals surface area (Å²) in [5.74, 6) is 5.74. The normalized spacial score (nSPS) is 31.5. The quantitative estimate of drug-likeness (QED) is 0.0747. The number of quaternary nitrogens is 1. The number of nitrogens with one attached hydrogen (secondary N) is 1. The summed E-state index contributed by atoms with van der Waals surface area (Å²) < 4.78 is 1.09. The Labute approximate surface area is 313 Å². The average molecular weight is 698 g/mol. The molecule has 0 aromatic carbocycles. The fraction of sp³-hybridized carbons (Fsp3) is 0.979. The molecule has 3 nitrogen and oxygen atoms in total. The molecule has 4 saturated carbocycles. The van der Waals surface area contributed by atoms with Crippen molar-refractivity contribution in [3.05, 3.63) is 0 Å². The molecule has 4 fully saturated rings. The lowest BCUT2D eigenvalue weighted by molar-refractivity contribution is -0.890. The molecule has 0 heterocycles. The molecule has 0 aromatic heterocycles. The summed E-state index contributed by atoms with van der Waals surface area (Å²) in [6.45, 7) is 13.5. The second-order valence-corrected chi connectivity index (χ2v) is 20.0. The number of hydrogen-bond acceptors (Lipinski definition) is 1. The van der Waals surface area contributed by atoms with E-state index in [0.717, 1.165) is 59.9 Å². The number of amides is 1. The maximum Gasteiger partial charge on any atom is 0.220 e. The molecule has 0 spiro atoms. The van der Waals surface area contributed by atoms with Crippen molar-refractivity contribution in [3.8, 4) is 0 Å². The fourth-order valence-corrected chi connectivity index (χ4v) is 12.9. The monoisotopic (exact) mass is 698 g/mol. The third kappa shape index (κ3) is 12.2. The minimum absolute atomic E-state index is 0.298. The van der Waals surface area contributed by atoms with Gasteiger partial charge in [-0.1, -0.05) is 130 Å². The van der Waals surface area contributed by atoms with Crippen LogP contribution < -0.4 is 5.32 Å². The molecule has 1 amide bonds. The van der Waals surface area contributed by atoms with Crippen molar-refractivity contribution in [3.63, 3.8) is 0 Å². The highest BCUT2D eigenvalue weighted by atomic mass is 16.1. The Hall–Kier alpha value is -0.570. The Balaban J connectivity index is 0.993. The van der Waals surface area contributed by atoms with Crippen LogP contribution in [0.5, 0.6) is 0 Å². The van der Waals surface area contributed by atoms with Crippen molar-refractivity contribution in [1.82, 2.24) is 5.32 Å². The van der Waals surface area contributed by atoms with Crippen LogP contribution in [0.2, 0.25) is 0 Å². The Morgan fingerprint density at radius 1 is 0.660 bits per heavy atom. The SMILES string of the molecule is CCCCCCCCCCCCCCCCCC[N+](C)(C)CCCNC(=O)CC[C@@H](C)[C@H]1CCC2C3CCC4CCCC[C@]4(C)C3CC[C@@]21C. The summed E-state index contributed by atoms with van der Waals surface area (Å²) in [5.41, 5.74) is 1.16. The van der Waals surface area contributed by atoms with Gasteiger partial charge in [-0.05, 0) is 117 Å². The predicted molar refractivity (Wildman–Crippen MR) is 217 cm³/mol. The van der Waals surface area contributed by atoms with Gasteiger partial charge in [-0.15, -0.1) is 0 Å². The van der Waals surface area contributed by atoms with E-state index in [4.69, 9.17) is 0 Å². The molecule has 4 unspecified atom stereocenters. The van der Waals surface area contributed by atoms with E-state index < -0.39 is 0 Å². The van der Waals surface area contributed by atoms with Crippen molar-refractivity contribution in [1.29, 1.82) is 0 Å². The summed E-state index contributed by atoms with van der Waals surface area (Å²) in [5, 5.41) is 3.31. The molecular formula is C47H89N2O+. The van der Waals surface area contributed by atoms with Crippen LogP contribution in [0.25, 0.3) is 0 Å². The number of carbonyl (C=O) groups excluding carboxylic acids is 1. The van der Waals surface area contributed by atoms with Crippen molar-refractivity contribution in [2.75, 3.05) is 33.7 Å². The van der Waals surface area contributed by atoms with Crippen LogP contribution in [0.3, 0.4) is 0 Å². The number of nitrogens with zero attached hydrogens (tertiary/aromatic N) is 1. The largest absolute Gasteiger partial charge is 0.356 e. The highest BCUT2D eigenvalue weighted by Gasteiger charge is 2.60. The van der Waals surface area contributed by atoms with Crippen LogP contribution in [0.15, 0.2) is 0 Å². The molecule has 4 rings (SSSR count). The third-order valence-electron chi connectivity index (χ3n) is 16.0. The summed E-state index contributed by atoms with van der Waals surface area (Å²) in [6.07, 6.45) is 40.7. The van der Waals surface area contributed by atoms with Gasteiger partial charge < -0.3 is 9.80 Å². The Kier molecular flexibility index (Phi) is 18.0. The first-order valence-corrected chi connectivity index (χ1v) is 23.2. The first-order valence-electron chi connectivity index (χ1n) is 23.2. The van der Waals surface area contributed by atoms with Gasteiger partial charge in [0.25, 0.3) is 0 Å². The van der Waals surface area contributed by atoms with Gasteiger partial charge in [0.1, 0.15) is 0 Å². The summed E-state index contributed by atoms with van der Waals surface area (Å²) in [6, 6.07) is 0. The standard InChI is InChI=1S/C47H88N2O/c1-7-8-9-10-11-12-13-14-15-16-17-18-19-20-21-24-37-49(5,6)38-25-36-48-45(50)32-27-39(2)42-30-31-43-41-29-28-40-26-22-23-34-46(40,3)44(41)33-35-47(42,43)4/h39-44H,7-38H2,1-6H3/p+1/t39-,40?,41?,42-,43?,44?,46+,47-/m1/s1. The first kappa shape index (κ1) is 42.2. The summed E-state index contributed by atoms with van der Waals surface area (Å²) in [4.78, 5) is 12.9. The van der Waals surface area contributed by atoms with Crippen LogP contribution in [-0.4, -0.2) is 44.1 Å². The van der Waals surface area contributed by atoms with Gasteiger partial charge in [0.15, 0.2) is 0 Å². The van der Waals surface area contributed by atoms with Gasteiger partial charge >= 0.3 is 0 Å². The molecule has 0 saturated heterocycles. The van der Waals surface area contributed by atoms with E-state index in [0.29, 0.717) is 22.7 Å². The molecule has 3 heteroatoms. The zero-order chi connectivity index (χ0) is 35.9. The van der Waals surface area contributed by atoms with E-state index in [1.807, 2.05) is 0 Å². The lowest BCUT2D eigenvalue weighted by Gasteiger charge is -2.61. The lowest BCUT2D eigenvalue weighted by atomic mass is 9.44. The summed E-state index contributed by atoms with van der Waals surface area (Å²) in [7, 11) is 4.78. The molecule has 4 aliphatic rings. The molecule has 0 aromatic rings. The minimum atomic E-state index is 0.298. The van der Waals surface area contributed by atoms with Gasteiger partial charge in [-0.25, -0.2) is 0 Å². The smallest absolute Gasteiger partial charge is 0.220 e. The van der Waals surface area contributed by atoms with Gasteiger partial charge in [0.2, 0.25) is 5.91 Å². The van der Waals surface area contributed by atoms with Crippen molar-refractivity contribution in [2.45, 2.75) is 214 Å². The summed E-state index contributed by atoms with van der Waals surface area (Å²) >= 11 is 0. The van der Waals surface area contributed by atoms with Crippen LogP contribution in [0.4, 0.5) is 0 Å². The number of rotatable bonds is 25. The number of unbranched alkanes of at least 4 members (excludes halogenated alkanes) is 15. The minimum Gasteiger partial charge on any atom is -0.356 e. The van der Waals surface area contributed by atoms with Crippen molar-refractivity contribution >= 4 is 5.91 Å². The van der Waals surface area contributed by atoms with Crippen molar-refractivity contribution < 1.29 is 9.28 Å². The second-order valence-electron chi connectivity index (χ2n) is 20.0. The van der Waals surface area contributed by atoms with Gasteiger partial charge in [-0.3, -0.25) is 4.79 Å². The van der Waals surface area contributed by atoms with Crippen LogP contribution in [0, 0.1) is 46.3 Å². The van der Waals surface area contributed by atoms with Crippen LogP contribution in [0.1, 0.15) is 214 Å². The third-order valence-corrected chi connectivity index (χ3v) is 16.0.